The quantitative estimate of drug-likeness (QED) is 0.759. The summed E-state index contributed by atoms with van der Waals surface area (Å²) in [7, 11) is 1.66. The zero-order valence-electron chi connectivity index (χ0n) is 10.7. The molecule has 0 heterocycles. The molecule has 94 valence electrons. The third-order valence-electron chi connectivity index (χ3n) is 2.40. The highest BCUT2D eigenvalue weighted by Gasteiger charge is 2.13. The molecule has 0 unspecified atom stereocenters. The van der Waals surface area contributed by atoms with E-state index in [0.717, 1.165) is 12.8 Å². The van der Waals surface area contributed by atoms with Crippen LogP contribution >= 0.6 is 0 Å². The van der Waals surface area contributed by atoms with Gasteiger partial charge in [0.2, 0.25) is 5.91 Å². The van der Waals surface area contributed by atoms with Crippen LogP contribution in [-0.4, -0.2) is 35.5 Å². The first-order valence-electron chi connectivity index (χ1n) is 5.68. The molecule has 4 heteroatoms. The minimum atomic E-state index is -0.866. The van der Waals surface area contributed by atoms with Gasteiger partial charge in [-0.2, -0.15) is 0 Å². The molecule has 1 N–H and O–H groups in total. The van der Waals surface area contributed by atoms with Gasteiger partial charge in [0.1, 0.15) is 0 Å². The Morgan fingerprint density at radius 2 is 1.75 bits per heavy atom. The summed E-state index contributed by atoms with van der Waals surface area (Å²) in [5.74, 6) is -0.833. The average Bonchev–Trinajstić information content (AvgIpc) is 2.11. The molecule has 0 aliphatic carbocycles. The van der Waals surface area contributed by atoms with E-state index in [9.17, 15) is 9.59 Å². The van der Waals surface area contributed by atoms with Gasteiger partial charge in [0.25, 0.3) is 0 Å². The number of hydrogen-bond acceptors (Lipinski definition) is 2. The van der Waals surface area contributed by atoms with Crippen molar-refractivity contribution in [2.45, 2.75) is 46.5 Å². The van der Waals surface area contributed by atoms with Gasteiger partial charge in [0.05, 0.1) is 6.42 Å². The van der Waals surface area contributed by atoms with Crippen molar-refractivity contribution in [1.82, 2.24) is 4.90 Å². The molecule has 0 aromatic rings. The molecule has 0 fully saturated rings. The normalized spacial score (nSPS) is 11.2. The van der Waals surface area contributed by atoms with E-state index in [1.54, 1.807) is 7.05 Å². The fourth-order valence-corrected chi connectivity index (χ4v) is 1.35. The molecule has 0 spiro atoms. The molecule has 1 amide bonds. The van der Waals surface area contributed by atoms with Crippen LogP contribution in [0.3, 0.4) is 0 Å². The Morgan fingerprint density at radius 1 is 1.19 bits per heavy atom. The van der Waals surface area contributed by atoms with Crippen molar-refractivity contribution in [3.05, 3.63) is 0 Å². The van der Waals surface area contributed by atoms with Crippen LogP contribution in [0.15, 0.2) is 0 Å². The Morgan fingerprint density at radius 3 is 2.19 bits per heavy atom. The molecule has 0 aromatic carbocycles. The Kier molecular flexibility index (Phi) is 6.08. The lowest BCUT2D eigenvalue weighted by Gasteiger charge is -2.19. The average molecular weight is 229 g/mol. The van der Waals surface area contributed by atoms with E-state index in [-0.39, 0.29) is 17.7 Å². The summed E-state index contributed by atoms with van der Waals surface area (Å²) in [6.45, 7) is 6.73. The number of carboxylic acid groups (broad SMARTS) is 1. The molecule has 0 aliphatic rings. The third-order valence-corrected chi connectivity index (χ3v) is 2.40. The van der Waals surface area contributed by atoms with Gasteiger partial charge in [-0.15, -0.1) is 0 Å². The summed E-state index contributed by atoms with van der Waals surface area (Å²) in [4.78, 5) is 23.4. The topological polar surface area (TPSA) is 57.6 Å². The number of carboxylic acids is 1. The van der Waals surface area contributed by atoms with Gasteiger partial charge in [0.15, 0.2) is 0 Å². The van der Waals surface area contributed by atoms with Crippen molar-refractivity contribution < 1.29 is 14.7 Å². The second-order valence-corrected chi connectivity index (χ2v) is 5.37. The van der Waals surface area contributed by atoms with Crippen molar-refractivity contribution in [2.75, 3.05) is 13.6 Å². The van der Waals surface area contributed by atoms with Crippen LogP contribution in [-0.2, 0) is 9.59 Å². The van der Waals surface area contributed by atoms with Crippen LogP contribution < -0.4 is 0 Å². The van der Waals surface area contributed by atoms with Gasteiger partial charge in [-0.3, -0.25) is 9.59 Å². The Balaban J connectivity index is 3.75. The lowest BCUT2D eigenvalue weighted by atomic mass is 9.90. The Labute approximate surface area is 97.6 Å². The summed E-state index contributed by atoms with van der Waals surface area (Å²) in [5, 5.41) is 8.49. The molecule has 0 atom stereocenters. The number of hydrogen-bond donors (Lipinski definition) is 1. The molecular formula is C12H23NO3. The fourth-order valence-electron chi connectivity index (χ4n) is 1.35. The van der Waals surface area contributed by atoms with Crippen molar-refractivity contribution in [1.29, 1.82) is 0 Å². The number of carbonyl (C=O) groups is 2. The van der Waals surface area contributed by atoms with Crippen LogP contribution in [0.1, 0.15) is 46.5 Å². The second-order valence-electron chi connectivity index (χ2n) is 5.37. The first-order chi connectivity index (χ1) is 7.22. The first kappa shape index (κ1) is 14.9. The summed E-state index contributed by atoms with van der Waals surface area (Å²) in [6.07, 6.45) is 2.39. The zero-order valence-corrected chi connectivity index (χ0v) is 10.7. The molecular weight excluding hydrogens is 206 g/mol. The maximum absolute atomic E-state index is 11.6. The summed E-state index contributed by atoms with van der Waals surface area (Å²) in [6, 6.07) is 0. The van der Waals surface area contributed by atoms with Crippen LogP contribution in [0.25, 0.3) is 0 Å². The second kappa shape index (κ2) is 6.51. The van der Waals surface area contributed by atoms with Crippen LogP contribution in [0, 0.1) is 5.41 Å². The highest BCUT2D eigenvalue weighted by atomic mass is 16.4. The van der Waals surface area contributed by atoms with Crippen LogP contribution in [0.2, 0.25) is 0 Å². The molecule has 0 saturated heterocycles. The van der Waals surface area contributed by atoms with Gasteiger partial charge in [-0.1, -0.05) is 20.8 Å². The van der Waals surface area contributed by atoms with E-state index in [1.165, 1.54) is 4.90 Å². The highest BCUT2D eigenvalue weighted by Crippen LogP contribution is 2.21. The first-order valence-corrected chi connectivity index (χ1v) is 5.68. The molecule has 0 bridgehead atoms. The van der Waals surface area contributed by atoms with E-state index in [4.69, 9.17) is 5.11 Å². The summed E-state index contributed by atoms with van der Waals surface area (Å²) < 4.78 is 0. The molecule has 16 heavy (non-hydrogen) atoms. The van der Waals surface area contributed by atoms with E-state index in [0.29, 0.717) is 13.0 Å². The summed E-state index contributed by atoms with van der Waals surface area (Å²) >= 11 is 0. The molecule has 0 saturated carbocycles. The van der Waals surface area contributed by atoms with Gasteiger partial charge in [-0.05, 0) is 18.3 Å². The van der Waals surface area contributed by atoms with Crippen molar-refractivity contribution >= 4 is 11.9 Å². The molecule has 0 rings (SSSR count). The zero-order chi connectivity index (χ0) is 12.8. The van der Waals surface area contributed by atoms with Crippen molar-refractivity contribution in [3.63, 3.8) is 0 Å². The maximum Gasteiger partial charge on any atom is 0.305 e. The van der Waals surface area contributed by atoms with Crippen molar-refractivity contribution in [2.24, 2.45) is 5.41 Å². The van der Waals surface area contributed by atoms with Gasteiger partial charge in [-0.25, -0.2) is 0 Å². The molecule has 0 radical (unpaired) electrons. The summed E-state index contributed by atoms with van der Waals surface area (Å²) in [5.41, 5.74) is 0.250. The predicted octanol–water partition coefficient (Wildman–Crippen LogP) is 2.14. The van der Waals surface area contributed by atoms with Crippen LogP contribution in [0.4, 0.5) is 0 Å². The Bertz CT molecular complexity index is 243. The maximum atomic E-state index is 11.6. The van der Waals surface area contributed by atoms with E-state index in [1.807, 2.05) is 0 Å². The lowest BCUT2D eigenvalue weighted by molar-refractivity contribution is -0.138. The Hall–Kier alpha value is -1.06. The number of rotatable bonds is 6. The monoisotopic (exact) mass is 229 g/mol. The predicted molar refractivity (Wildman–Crippen MR) is 63.2 cm³/mol. The lowest BCUT2D eigenvalue weighted by Crippen LogP contribution is -2.29. The van der Waals surface area contributed by atoms with Gasteiger partial charge >= 0.3 is 5.97 Å². The van der Waals surface area contributed by atoms with Crippen LogP contribution in [0.5, 0.6) is 0 Å². The molecule has 4 nitrogen and oxygen atoms in total. The molecule has 0 aromatic heterocycles. The number of carbonyl (C=O) groups excluding carboxylic acids is 1. The standard InChI is InChI=1S/C12H23NO3/c1-12(2,3)8-5-6-10(14)13(4)9-7-11(15)16/h5-9H2,1-4H3,(H,15,16). The van der Waals surface area contributed by atoms with Gasteiger partial charge in [0, 0.05) is 20.0 Å². The minimum absolute atomic E-state index is 0.0154. The van der Waals surface area contributed by atoms with Crippen molar-refractivity contribution in [3.8, 4) is 0 Å². The SMILES string of the molecule is CN(CCC(=O)O)C(=O)CCCC(C)(C)C. The highest BCUT2D eigenvalue weighted by molar-refractivity contribution is 5.76. The fraction of sp³-hybridized carbons (Fsp3) is 0.833. The smallest absolute Gasteiger partial charge is 0.305 e. The van der Waals surface area contributed by atoms with E-state index < -0.39 is 5.97 Å². The number of aliphatic carboxylic acids is 1. The number of amides is 1. The van der Waals surface area contributed by atoms with Gasteiger partial charge < -0.3 is 10.0 Å². The largest absolute Gasteiger partial charge is 0.481 e. The van der Waals surface area contributed by atoms with E-state index in [2.05, 4.69) is 20.8 Å². The third kappa shape index (κ3) is 8.26. The van der Waals surface area contributed by atoms with E-state index >= 15 is 0 Å². The molecule has 0 aliphatic heterocycles. The number of nitrogens with zero attached hydrogens (tertiary/aromatic N) is 1. The minimum Gasteiger partial charge on any atom is -0.481 e.